The Morgan fingerprint density at radius 1 is 1.14 bits per heavy atom. The Morgan fingerprint density at radius 2 is 1.95 bits per heavy atom. The van der Waals surface area contributed by atoms with Crippen LogP contribution in [0.5, 0.6) is 6.01 Å². The molecule has 9 nitrogen and oxygen atoms in total. The number of hydrogen-bond donors (Lipinski definition) is 0. The summed E-state index contributed by atoms with van der Waals surface area (Å²) in [6.07, 6.45) is 3.05. The summed E-state index contributed by atoms with van der Waals surface area (Å²) in [4.78, 5) is 30.6. The Labute approximate surface area is 252 Å². The SMILES string of the molecule is C=C(F)C(=O)N1CCN(c2nc(OC[C@@H]3CCCN3C)nc3c2CCN(c2cccc4cccc([14CH3])c24)C3)C[C@@H]1CC#N. The van der Waals surface area contributed by atoms with Crippen molar-refractivity contribution in [2.45, 2.75) is 51.2 Å². The number of nitriles is 1. The number of nitrogens with zero attached hydrogens (tertiary/aromatic N) is 7. The monoisotopic (exact) mass is 585 g/mol. The van der Waals surface area contributed by atoms with Crippen molar-refractivity contribution in [3.63, 3.8) is 0 Å². The topological polar surface area (TPSA) is 88.8 Å². The van der Waals surface area contributed by atoms with E-state index in [0.717, 1.165) is 49.4 Å². The number of ether oxygens (including phenoxy) is 1. The van der Waals surface area contributed by atoms with E-state index in [-0.39, 0.29) is 13.0 Å². The summed E-state index contributed by atoms with van der Waals surface area (Å²) in [7, 11) is 2.12. The lowest BCUT2D eigenvalue weighted by Crippen LogP contribution is -2.55. The van der Waals surface area contributed by atoms with Crippen molar-refractivity contribution in [1.29, 1.82) is 5.26 Å². The fourth-order valence-corrected chi connectivity index (χ4v) is 6.80. The number of rotatable bonds is 7. The van der Waals surface area contributed by atoms with Gasteiger partial charge in [-0.3, -0.25) is 4.79 Å². The van der Waals surface area contributed by atoms with Crippen LogP contribution in [0.2, 0.25) is 0 Å². The van der Waals surface area contributed by atoms with Crippen LogP contribution in [0.25, 0.3) is 10.8 Å². The minimum absolute atomic E-state index is 0.0916. The lowest BCUT2D eigenvalue weighted by atomic mass is 10.0. The van der Waals surface area contributed by atoms with Crippen molar-refractivity contribution in [2.24, 2.45) is 0 Å². The van der Waals surface area contributed by atoms with E-state index in [1.54, 1.807) is 0 Å². The second-order valence-corrected chi connectivity index (χ2v) is 11.8. The van der Waals surface area contributed by atoms with Gasteiger partial charge in [0.25, 0.3) is 5.91 Å². The van der Waals surface area contributed by atoms with Gasteiger partial charge < -0.3 is 24.3 Å². The summed E-state index contributed by atoms with van der Waals surface area (Å²) >= 11 is 0. The molecular formula is C33H38FN7O2. The van der Waals surface area contributed by atoms with Crippen LogP contribution in [0.3, 0.4) is 0 Å². The van der Waals surface area contributed by atoms with Gasteiger partial charge in [-0.15, -0.1) is 0 Å². The van der Waals surface area contributed by atoms with Crippen molar-refractivity contribution in [2.75, 3.05) is 56.2 Å². The molecule has 2 atom stereocenters. The summed E-state index contributed by atoms with van der Waals surface area (Å²) < 4.78 is 20.1. The number of aryl methyl sites for hydroxylation is 1. The fourth-order valence-electron chi connectivity index (χ4n) is 6.80. The molecule has 0 N–H and O–H groups in total. The van der Waals surface area contributed by atoms with Crippen LogP contribution in [0, 0.1) is 18.3 Å². The number of halogens is 1. The number of anilines is 2. The highest BCUT2D eigenvalue weighted by atomic mass is 19.1. The zero-order valence-corrected chi connectivity index (χ0v) is 24.9. The summed E-state index contributed by atoms with van der Waals surface area (Å²) in [5.41, 5.74) is 4.40. The highest BCUT2D eigenvalue weighted by Crippen LogP contribution is 2.36. The molecule has 2 saturated heterocycles. The molecule has 0 spiro atoms. The van der Waals surface area contributed by atoms with Crippen LogP contribution in [0.15, 0.2) is 48.8 Å². The van der Waals surface area contributed by atoms with Crippen LogP contribution in [0.4, 0.5) is 15.9 Å². The van der Waals surface area contributed by atoms with Gasteiger partial charge in [0.05, 0.1) is 30.8 Å². The smallest absolute Gasteiger partial charge is 0.318 e. The number of carbonyl (C=O) groups is 1. The van der Waals surface area contributed by atoms with Crippen molar-refractivity contribution >= 4 is 28.2 Å². The number of carbonyl (C=O) groups excluding carboxylic acids is 1. The van der Waals surface area contributed by atoms with Crippen LogP contribution in [-0.2, 0) is 17.8 Å². The Balaban J connectivity index is 1.34. The van der Waals surface area contributed by atoms with E-state index in [2.05, 4.69) is 77.7 Å². The largest absolute Gasteiger partial charge is 0.462 e. The molecule has 2 fully saturated rings. The first-order chi connectivity index (χ1) is 20.8. The van der Waals surface area contributed by atoms with Crippen LogP contribution in [-0.4, -0.2) is 84.1 Å². The van der Waals surface area contributed by atoms with E-state index < -0.39 is 17.8 Å². The first kappa shape index (κ1) is 28.9. The number of likely N-dealkylation sites (tertiary alicyclic amines) is 1. The predicted molar refractivity (Wildman–Crippen MR) is 165 cm³/mol. The molecule has 0 saturated carbocycles. The van der Waals surface area contributed by atoms with Gasteiger partial charge >= 0.3 is 6.01 Å². The van der Waals surface area contributed by atoms with E-state index in [4.69, 9.17) is 14.7 Å². The second kappa shape index (κ2) is 12.2. The lowest BCUT2D eigenvalue weighted by molar-refractivity contribution is -0.131. The normalized spacial score (nSPS) is 20.7. The third-order valence-corrected chi connectivity index (χ3v) is 9.13. The maximum Gasteiger partial charge on any atom is 0.318 e. The van der Waals surface area contributed by atoms with Gasteiger partial charge in [-0.2, -0.15) is 15.2 Å². The molecule has 6 rings (SSSR count). The average molecular weight is 586 g/mol. The maximum atomic E-state index is 13.8. The highest BCUT2D eigenvalue weighted by Gasteiger charge is 2.35. The number of hydrogen-bond acceptors (Lipinski definition) is 8. The summed E-state index contributed by atoms with van der Waals surface area (Å²) in [6, 6.07) is 15.2. The third-order valence-electron chi connectivity index (χ3n) is 9.13. The molecule has 10 heteroatoms. The number of amides is 1. The van der Waals surface area contributed by atoms with Gasteiger partial charge in [0.1, 0.15) is 12.4 Å². The van der Waals surface area contributed by atoms with Gasteiger partial charge in [-0.25, -0.2) is 4.39 Å². The lowest BCUT2D eigenvalue weighted by Gasteiger charge is -2.42. The second-order valence-electron chi connectivity index (χ2n) is 11.8. The fraction of sp³-hybridized carbons (Fsp3) is 0.455. The standard InChI is InChI=1S/C33H38FN7O2/c1-22-7-4-8-24-9-5-11-29(30(22)24)39-16-13-27-28(20-39)36-33(43-21-26-10-6-15-38(26)3)37-31(27)40-17-18-41(32(42)23(2)34)25(19-40)12-14-35/h4-5,7-9,11,25-26H,2,6,10,12-13,15-21H2,1,3H3/t25-,26-/m0/s1/i1+2. The highest BCUT2D eigenvalue weighted by molar-refractivity contribution is 5.97. The maximum absolute atomic E-state index is 13.8. The Bertz CT molecular complexity index is 1580. The predicted octanol–water partition coefficient (Wildman–Crippen LogP) is 4.39. The van der Waals surface area contributed by atoms with Gasteiger partial charge in [0.15, 0.2) is 5.83 Å². The van der Waals surface area contributed by atoms with Crippen LogP contribution < -0.4 is 14.5 Å². The van der Waals surface area contributed by atoms with Crippen molar-refractivity contribution < 1.29 is 13.9 Å². The van der Waals surface area contributed by atoms with E-state index in [0.29, 0.717) is 38.3 Å². The van der Waals surface area contributed by atoms with Gasteiger partial charge in [-0.05, 0) is 56.8 Å². The molecule has 3 aromatic rings. The van der Waals surface area contributed by atoms with Gasteiger partial charge in [-0.1, -0.05) is 36.9 Å². The van der Waals surface area contributed by atoms with E-state index in [1.807, 2.05) is 0 Å². The summed E-state index contributed by atoms with van der Waals surface area (Å²) in [5.74, 6) is -0.981. The van der Waals surface area contributed by atoms with Crippen LogP contribution in [0.1, 0.15) is 36.1 Å². The first-order valence-electron chi connectivity index (χ1n) is 15.1. The molecule has 2 aromatic carbocycles. The van der Waals surface area contributed by atoms with Crippen molar-refractivity contribution in [1.82, 2.24) is 19.8 Å². The third kappa shape index (κ3) is 5.74. The van der Waals surface area contributed by atoms with Crippen molar-refractivity contribution in [3.05, 3.63) is 65.6 Å². The summed E-state index contributed by atoms with van der Waals surface area (Å²) in [5, 5.41) is 12.0. The molecule has 0 unspecified atom stereocenters. The van der Waals surface area contributed by atoms with Crippen molar-refractivity contribution in [3.8, 4) is 12.1 Å². The minimum atomic E-state index is -1.01. The number of aromatic nitrogens is 2. The molecule has 1 amide bonds. The molecule has 43 heavy (non-hydrogen) atoms. The first-order valence-corrected chi connectivity index (χ1v) is 15.1. The summed E-state index contributed by atoms with van der Waals surface area (Å²) in [6.45, 7) is 9.41. The number of piperazine rings is 1. The van der Waals surface area contributed by atoms with E-state index >= 15 is 0 Å². The number of fused-ring (bicyclic) bond motifs is 2. The average Bonchev–Trinajstić information content (AvgIpc) is 3.43. The molecule has 0 bridgehead atoms. The zero-order valence-electron chi connectivity index (χ0n) is 24.9. The zero-order chi connectivity index (χ0) is 30.1. The molecule has 3 aliphatic rings. The number of likely N-dealkylation sites (N-methyl/N-ethyl adjacent to an activating group) is 1. The minimum Gasteiger partial charge on any atom is -0.462 e. The Kier molecular flexibility index (Phi) is 8.17. The van der Waals surface area contributed by atoms with E-state index in [9.17, 15) is 14.4 Å². The molecule has 0 aliphatic carbocycles. The number of benzene rings is 2. The molecular weight excluding hydrogens is 547 g/mol. The van der Waals surface area contributed by atoms with Crippen LogP contribution >= 0.6 is 0 Å². The molecule has 0 radical (unpaired) electrons. The Hall–Kier alpha value is -4.23. The quantitative estimate of drug-likeness (QED) is 0.378. The molecule has 3 aliphatic heterocycles. The van der Waals surface area contributed by atoms with Gasteiger partial charge in [0.2, 0.25) is 0 Å². The van der Waals surface area contributed by atoms with E-state index in [1.165, 1.54) is 26.9 Å². The molecule has 224 valence electrons. The van der Waals surface area contributed by atoms with Gasteiger partial charge in [0, 0.05) is 48.9 Å². The Morgan fingerprint density at radius 3 is 2.70 bits per heavy atom. The molecule has 4 heterocycles. The molecule has 1 aromatic heterocycles.